The Bertz CT molecular complexity index is 591. The largest absolute Gasteiger partial charge is 0.465 e. The normalized spacial score (nSPS) is 24.2. The van der Waals surface area contributed by atoms with Crippen molar-refractivity contribution in [2.45, 2.75) is 46.1 Å². The SMILES string of the molecule is CCN1c2cccc3c2[C@H](CN(C(=O)O)CC3)C1C(C)(C)C. The van der Waals surface area contributed by atoms with Crippen molar-refractivity contribution in [2.24, 2.45) is 5.41 Å². The number of amides is 1. The molecular formula is C18H26N2O2. The van der Waals surface area contributed by atoms with Gasteiger partial charge in [0, 0.05) is 37.3 Å². The molecule has 0 aromatic heterocycles. The fourth-order valence-electron chi connectivity index (χ4n) is 4.41. The molecule has 1 N–H and O–H groups in total. The molecule has 0 saturated heterocycles. The smallest absolute Gasteiger partial charge is 0.407 e. The fraction of sp³-hybridized carbons (Fsp3) is 0.611. The van der Waals surface area contributed by atoms with Crippen LogP contribution in [0.4, 0.5) is 10.5 Å². The van der Waals surface area contributed by atoms with Crippen molar-refractivity contribution in [3.05, 3.63) is 29.3 Å². The number of hydrogen-bond donors (Lipinski definition) is 1. The van der Waals surface area contributed by atoms with Crippen LogP contribution >= 0.6 is 0 Å². The van der Waals surface area contributed by atoms with Gasteiger partial charge in [0.2, 0.25) is 0 Å². The summed E-state index contributed by atoms with van der Waals surface area (Å²) in [5, 5.41) is 9.50. The van der Waals surface area contributed by atoms with E-state index in [0.717, 1.165) is 13.0 Å². The zero-order valence-corrected chi connectivity index (χ0v) is 14.0. The van der Waals surface area contributed by atoms with E-state index in [2.05, 4.69) is 50.8 Å². The van der Waals surface area contributed by atoms with E-state index in [4.69, 9.17) is 0 Å². The van der Waals surface area contributed by atoms with Crippen molar-refractivity contribution >= 4 is 11.8 Å². The maximum absolute atomic E-state index is 11.6. The maximum Gasteiger partial charge on any atom is 0.407 e. The topological polar surface area (TPSA) is 43.8 Å². The molecule has 2 atom stereocenters. The molecule has 0 spiro atoms. The third-order valence-electron chi connectivity index (χ3n) is 5.14. The number of likely N-dealkylation sites (N-methyl/N-ethyl adjacent to an activating group) is 1. The highest BCUT2D eigenvalue weighted by Crippen LogP contribution is 2.49. The molecule has 1 aromatic carbocycles. The van der Waals surface area contributed by atoms with Gasteiger partial charge in [-0.15, -0.1) is 0 Å². The van der Waals surface area contributed by atoms with Gasteiger partial charge >= 0.3 is 6.09 Å². The molecule has 0 saturated carbocycles. The van der Waals surface area contributed by atoms with E-state index in [9.17, 15) is 9.90 Å². The lowest BCUT2D eigenvalue weighted by Gasteiger charge is -2.40. The number of benzene rings is 1. The lowest BCUT2D eigenvalue weighted by Crippen LogP contribution is -2.47. The zero-order chi connectivity index (χ0) is 16.1. The van der Waals surface area contributed by atoms with Crippen LogP contribution in [0.3, 0.4) is 0 Å². The van der Waals surface area contributed by atoms with Crippen molar-refractivity contribution in [2.75, 3.05) is 24.5 Å². The molecule has 0 bridgehead atoms. The van der Waals surface area contributed by atoms with Crippen molar-refractivity contribution in [1.29, 1.82) is 0 Å². The van der Waals surface area contributed by atoms with Crippen molar-refractivity contribution in [1.82, 2.24) is 4.90 Å². The average molecular weight is 302 g/mol. The van der Waals surface area contributed by atoms with E-state index in [-0.39, 0.29) is 11.3 Å². The Morgan fingerprint density at radius 3 is 2.68 bits per heavy atom. The Kier molecular flexibility index (Phi) is 3.58. The Hall–Kier alpha value is -1.71. The van der Waals surface area contributed by atoms with Gasteiger partial charge in [0.15, 0.2) is 0 Å². The summed E-state index contributed by atoms with van der Waals surface area (Å²) in [6.45, 7) is 11.2. The summed E-state index contributed by atoms with van der Waals surface area (Å²) in [5.74, 6) is 0.268. The Morgan fingerprint density at radius 1 is 1.36 bits per heavy atom. The molecule has 4 nitrogen and oxygen atoms in total. The summed E-state index contributed by atoms with van der Waals surface area (Å²) in [4.78, 5) is 15.6. The van der Waals surface area contributed by atoms with E-state index >= 15 is 0 Å². The summed E-state index contributed by atoms with van der Waals surface area (Å²) in [6.07, 6.45) is 0.0254. The van der Waals surface area contributed by atoms with Crippen molar-refractivity contribution in [3.8, 4) is 0 Å². The van der Waals surface area contributed by atoms with E-state index < -0.39 is 6.09 Å². The zero-order valence-electron chi connectivity index (χ0n) is 14.0. The number of hydrogen-bond acceptors (Lipinski definition) is 2. The van der Waals surface area contributed by atoms with E-state index in [0.29, 0.717) is 19.1 Å². The molecule has 3 rings (SSSR count). The quantitative estimate of drug-likeness (QED) is 0.862. The lowest BCUT2D eigenvalue weighted by atomic mass is 9.77. The van der Waals surface area contributed by atoms with Gasteiger partial charge < -0.3 is 14.9 Å². The molecule has 4 heteroatoms. The average Bonchev–Trinajstić information content (AvgIpc) is 2.63. The predicted octanol–water partition coefficient (Wildman–Crippen LogP) is 3.56. The third kappa shape index (κ3) is 2.25. The van der Waals surface area contributed by atoms with E-state index in [1.807, 2.05) is 0 Å². The Balaban J connectivity index is 2.13. The van der Waals surface area contributed by atoms with Gasteiger partial charge in [-0.3, -0.25) is 0 Å². The molecule has 1 aromatic rings. The molecule has 0 fully saturated rings. The van der Waals surface area contributed by atoms with Gasteiger partial charge in [0.1, 0.15) is 0 Å². The van der Waals surface area contributed by atoms with Gasteiger partial charge in [-0.1, -0.05) is 32.9 Å². The molecule has 1 unspecified atom stereocenters. The van der Waals surface area contributed by atoms with Crippen LogP contribution in [0.5, 0.6) is 0 Å². The maximum atomic E-state index is 11.6. The van der Waals surface area contributed by atoms with Crippen LogP contribution in [-0.4, -0.2) is 41.8 Å². The van der Waals surface area contributed by atoms with Gasteiger partial charge in [0.25, 0.3) is 0 Å². The molecule has 120 valence electrons. The minimum absolute atomic E-state index is 0.103. The minimum atomic E-state index is -0.794. The van der Waals surface area contributed by atoms with Crippen LogP contribution in [0.15, 0.2) is 18.2 Å². The molecule has 0 aliphatic carbocycles. The monoisotopic (exact) mass is 302 g/mol. The second-order valence-corrected chi connectivity index (χ2v) is 7.53. The molecule has 0 radical (unpaired) electrons. The molecule has 1 amide bonds. The lowest BCUT2D eigenvalue weighted by molar-refractivity contribution is 0.138. The molecule has 2 aliphatic rings. The molecule has 2 heterocycles. The second-order valence-electron chi connectivity index (χ2n) is 7.53. The van der Waals surface area contributed by atoms with Crippen LogP contribution in [0, 0.1) is 5.41 Å². The van der Waals surface area contributed by atoms with Crippen LogP contribution in [0.1, 0.15) is 44.7 Å². The van der Waals surface area contributed by atoms with Crippen LogP contribution in [0.2, 0.25) is 0 Å². The molecule has 22 heavy (non-hydrogen) atoms. The second kappa shape index (κ2) is 5.18. The van der Waals surface area contributed by atoms with E-state index in [1.54, 1.807) is 4.90 Å². The first kappa shape index (κ1) is 15.2. The first-order chi connectivity index (χ1) is 10.3. The summed E-state index contributed by atoms with van der Waals surface area (Å²) in [7, 11) is 0. The predicted molar refractivity (Wildman–Crippen MR) is 88.7 cm³/mol. The number of nitrogens with zero attached hydrogens (tertiary/aromatic N) is 2. The molecular weight excluding hydrogens is 276 g/mol. The number of carboxylic acid groups (broad SMARTS) is 1. The fourth-order valence-corrected chi connectivity index (χ4v) is 4.41. The van der Waals surface area contributed by atoms with Crippen molar-refractivity contribution < 1.29 is 9.90 Å². The van der Waals surface area contributed by atoms with Gasteiger partial charge in [-0.25, -0.2) is 4.79 Å². The van der Waals surface area contributed by atoms with E-state index in [1.165, 1.54) is 16.8 Å². The highest BCUT2D eigenvalue weighted by Gasteiger charge is 2.46. The van der Waals surface area contributed by atoms with Crippen LogP contribution in [-0.2, 0) is 6.42 Å². The van der Waals surface area contributed by atoms with Crippen molar-refractivity contribution in [3.63, 3.8) is 0 Å². The Labute approximate surface area is 132 Å². The Morgan fingerprint density at radius 2 is 2.09 bits per heavy atom. The van der Waals surface area contributed by atoms with Gasteiger partial charge in [-0.2, -0.15) is 0 Å². The van der Waals surface area contributed by atoms with Gasteiger partial charge in [-0.05, 0) is 36.0 Å². The summed E-state index contributed by atoms with van der Waals surface area (Å²) in [6, 6.07) is 6.84. The first-order valence-corrected chi connectivity index (χ1v) is 8.21. The minimum Gasteiger partial charge on any atom is -0.465 e. The highest BCUT2D eigenvalue weighted by molar-refractivity contribution is 5.69. The summed E-state index contributed by atoms with van der Waals surface area (Å²) >= 11 is 0. The number of anilines is 1. The number of rotatable bonds is 1. The highest BCUT2D eigenvalue weighted by atomic mass is 16.4. The first-order valence-electron chi connectivity index (χ1n) is 8.21. The van der Waals surface area contributed by atoms with Gasteiger partial charge in [0.05, 0.1) is 0 Å². The molecule has 2 aliphatic heterocycles. The summed E-state index contributed by atoms with van der Waals surface area (Å²) in [5.41, 5.74) is 4.15. The number of carbonyl (C=O) groups is 1. The van der Waals surface area contributed by atoms with Crippen LogP contribution < -0.4 is 4.90 Å². The van der Waals surface area contributed by atoms with Crippen LogP contribution in [0.25, 0.3) is 0 Å². The summed E-state index contributed by atoms with van der Waals surface area (Å²) < 4.78 is 0. The third-order valence-corrected chi connectivity index (χ3v) is 5.14. The standard InChI is InChI=1S/C18H26N2O2/c1-5-20-14-8-6-7-12-9-10-19(17(21)22)11-13(15(12)14)16(20)18(2,3)4/h6-8,13,16H,5,9-11H2,1-4H3,(H,21,22)/t13-,16?/m0/s1.